The van der Waals surface area contributed by atoms with Crippen molar-refractivity contribution in [3.05, 3.63) is 69.0 Å². The van der Waals surface area contributed by atoms with Crippen molar-refractivity contribution in [1.29, 1.82) is 0 Å². The van der Waals surface area contributed by atoms with Gasteiger partial charge in [-0.1, -0.05) is 28.9 Å². The lowest BCUT2D eigenvalue weighted by atomic mass is 9.83. The quantitative estimate of drug-likeness (QED) is 0.350. The second-order valence-corrected chi connectivity index (χ2v) is 11.3. The van der Waals surface area contributed by atoms with Gasteiger partial charge < -0.3 is 19.2 Å². The molecule has 216 valence electrons. The van der Waals surface area contributed by atoms with Crippen molar-refractivity contribution in [3.63, 3.8) is 0 Å². The van der Waals surface area contributed by atoms with E-state index in [0.29, 0.717) is 5.56 Å². The van der Waals surface area contributed by atoms with Crippen LogP contribution in [-0.2, 0) is 38.3 Å². The van der Waals surface area contributed by atoms with Crippen LogP contribution in [0.3, 0.4) is 0 Å². The van der Waals surface area contributed by atoms with E-state index in [-0.39, 0.29) is 43.1 Å². The van der Waals surface area contributed by atoms with Crippen LogP contribution in [0.15, 0.2) is 35.5 Å². The molecule has 0 radical (unpaired) electrons. The van der Waals surface area contributed by atoms with E-state index >= 15 is 0 Å². The highest BCUT2D eigenvalue weighted by Crippen LogP contribution is 2.52. The number of likely N-dealkylation sites (tertiary alicyclic amines) is 1. The number of fused-ring (bicyclic) bond motifs is 2. The Labute approximate surface area is 228 Å². The maximum Gasteiger partial charge on any atom is 0.435 e. The van der Waals surface area contributed by atoms with E-state index in [1.165, 1.54) is 17.0 Å². The first kappa shape index (κ1) is 28.5. The van der Waals surface area contributed by atoms with E-state index in [0.717, 1.165) is 5.56 Å². The topological polar surface area (TPSA) is 60.4 Å². The molecule has 6 nitrogen and oxygen atoms in total. The molecule has 5 rings (SSSR count). The molecule has 0 aromatic heterocycles. The number of halogens is 8. The molecule has 1 spiro atoms. The third kappa shape index (κ3) is 4.66. The second kappa shape index (κ2) is 8.97. The van der Waals surface area contributed by atoms with Crippen molar-refractivity contribution in [2.45, 2.75) is 63.0 Å². The lowest BCUT2D eigenvalue weighted by Crippen LogP contribution is -2.61. The molecule has 0 N–H and O–H groups in total. The van der Waals surface area contributed by atoms with Gasteiger partial charge in [0.25, 0.3) is 5.60 Å². The number of hydrogen-bond donors (Lipinski definition) is 0. The molecule has 3 heterocycles. The Morgan fingerprint density at radius 3 is 2.33 bits per heavy atom. The first-order valence-corrected chi connectivity index (χ1v) is 12.4. The molecule has 1 atom stereocenters. The fraction of sp³-hybridized carbons (Fsp3) is 0.462. The largest absolute Gasteiger partial charge is 0.444 e. The van der Waals surface area contributed by atoms with Gasteiger partial charge in [-0.05, 0) is 55.7 Å². The summed E-state index contributed by atoms with van der Waals surface area (Å²) in [5, 5.41) is 2.39. The van der Waals surface area contributed by atoms with Crippen molar-refractivity contribution in [3.8, 4) is 0 Å². The van der Waals surface area contributed by atoms with Crippen molar-refractivity contribution in [2.24, 2.45) is 5.16 Å². The fourth-order valence-corrected chi connectivity index (χ4v) is 5.22. The third-order valence-corrected chi connectivity index (χ3v) is 7.23. The molecular weight excluding hydrogens is 573 g/mol. The Morgan fingerprint density at radius 2 is 1.73 bits per heavy atom. The van der Waals surface area contributed by atoms with Crippen LogP contribution in [0, 0.1) is 5.82 Å². The van der Waals surface area contributed by atoms with Crippen LogP contribution in [0.25, 0.3) is 0 Å². The molecule has 2 aromatic carbocycles. The molecule has 0 aliphatic carbocycles. The average molecular weight is 595 g/mol. The molecule has 2 aromatic rings. The summed E-state index contributed by atoms with van der Waals surface area (Å²) < 4.78 is 109. The first-order valence-electron chi connectivity index (χ1n) is 12.0. The summed E-state index contributed by atoms with van der Waals surface area (Å²) in [5.74, 6) is -1.69. The maximum absolute atomic E-state index is 14.8. The standard InChI is InChI=1S/C26H22ClF7N2O4/c1-22(2,3)39-21(37)36-11-23(12-36)16-5-4-13(6-14(16)10-38-23)19-9-24(40-35-19,26(32,33)34)17-7-15(25(29,30)31)8-18(27)20(17)28/h4-8H,9-12H2,1-3H3/t24-/m1/s1. The number of carbonyl (C=O) groups excluding carboxylic acids is 1. The minimum Gasteiger partial charge on any atom is -0.444 e. The molecule has 0 bridgehead atoms. The van der Waals surface area contributed by atoms with Crippen LogP contribution >= 0.6 is 11.6 Å². The summed E-state index contributed by atoms with van der Waals surface area (Å²) in [6.45, 7) is 5.74. The zero-order valence-electron chi connectivity index (χ0n) is 21.3. The highest BCUT2D eigenvalue weighted by atomic mass is 35.5. The van der Waals surface area contributed by atoms with Gasteiger partial charge in [0.2, 0.25) is 0 Å². The fourth-order valence-electron chi connectivity index (χ4n) is 5.00. The van der Waals surface area contributed by atoms with Crippen LogP contribution in [-0.4, -0.2) is 41.6 Å². The van der Waals surface area contributed by atoms with Crippen LogP contribution in [0.1, 0.15) is 55.0 Å². The van der Waals surface area contributed by atoms with Gasteiger partial charge in [0.15, 0.2) is 0 Å². The molecule has 3 aliphatic rings. The molecular formula is C26H22ClF7N2O4. The van der Waals surface area contributed by atoms with Crippen LogP contribution in [0.2, 0.25) is 5.02 Å². The van der Waals surface area contributed by atoms with Gasteiger partial charge >= 0.3 is 18.4 Å². The van der Waals surface area contributed by atoms with Crippen molar-refractivity contribution >= 4 is 23.4 Å². The van der Waals surface area contributed by atoms with Gasteiger partial charge in [0.1, 0.15) is 17.0 Å². The van der Waals surface area contributed by atoms with E-state index in [2.05, 4.69) is 5.16 Å². The number of carbonyl (C=O) groups is 1. The monoisotopic (exact) mass is 594 g/mol. The number of nitrogens with zero attached hydrogens (tertiary/aromatic N) is 2. The number of rotatable bonds is 2. The summed E-state index contributed by atoms with van der Waals surface area (Å²) >= 11 is 5.56. The van der Waals surface area contributed by atoms with Crippen molar-refractivity contribution in [1.82, 2.24) is 4.90 Å². The van der Waals surface area contributed by atoms with Gasteiger partial charge in [0, 0.05) is 5.56 Å². The number of amides is 1. The Balaban J connectivity index is 1.41. The molecule has 1 amide bonds. The summed E-state index contributed by atoms with van der Waals surface area (Å²) in [5.41, 5.74) is -6.70. The van der Waals surface area contributed by atoms with E-state index in [9.17, 15) is 35.5 Å². The summed E-state index contributed by atoms with van der Waals surface area (Å²) in [4.78, 5) is 18.5. The average Bonchev–Trinajstić information content (AvgIpc) is 3.40. The number of benzene rings is 2. The van der Waals surface area contributed by atoms with Gasteiger partial charge in [-0.25, -0.2) is 9.18 Å². The minimum absolute atomic E-state index is 0.0421. The van der Waals surface area contributed by atoms with Gasteiger partial charge in [-0.3, -0.25) is 0 Å². The second-order valence-electron chi connectivity index (χ2n) is 10.9. The van der Waals surface area contributed by atoms with Crippen LogP contribution in [0.5, 0.6) is 0 Å². The maximum atomic E-state index is 14.8. The molecule has 3 aliphatic heterocycles. The van der Waals surface area contributed by atoms with E-state index < -0.39 is 63.6 Å². The first-order chi connectivity index (χ1) is 18.4. The molecule has 1 saturated heterocycles. The molecule has 0 unspecified atom stereocenters. The third-order valence-electron chi connectivity index (χ3n) is 6.95. The van der Waals surface area contributed by atoms with Crippen molar-refractivity contribution < 1.29 is 49.8 Å². The lowest BCUT2D eigenvalue weighted by Gasteiger charge is -2.47. The number of alkyl halides is 6. The predicted molar refractivity (Wildman–Crippen MR) is 127 cm³/mol. The zero-order chi connectivity index (χ0) is 29.5. The van der Waals surface area contributed by atoms with Crippen molar-refractivity contribution in [2.75, 3.05) is 13.1 Å². The van der Waals surface area contributed by atoms with E-state index in [1.807, 2.05) is 0 Å². The van der Waals surface area contributed by atoms with Gasteiger partial charge in [0.05, 0.1) is 42.4 Å². The predicted octanol–water partition coefficient (Wildman–Crippen LogP) is 7.06. The highest BCUT2D eigenvalue weighted by Gasteiger charge is 2.64. The lowest BCUT2D eigenvalue weighted by molar-refractivity contribution is -0.276. The molecule has 0 saturated carbocycles. The summed E-state index contributed by atoms with van der Waals surface area (Å²) in [6, 6.07) is 4.88. The highest BCUT2D eigenvalue weighted by molar-refractivity contribution is 6.30. The Hall–Kier alpha value is -3.06. The van der Waals surface area contributed by atoms with Gasteiger partial charge in [-0.15, -0.1) is 0 Å². The number of hydrogen-bond acceptors (Lipinski definition) is 5. The summed E-state index contributed by atoms with van der Waals surface area (Å²) in [6.07, 6.45) is -12.0. The smallest absolute Gasteiger partial charge is 0.435 e. The minimum atomic E-state index is -5.35. The zero-order valence-corrected chi connectivity index (χ0v) is 22.0. The normalized spacial score (nSPS) is 22.1. The van der Waals surface area contributed by atoms with Crippen LogP contribution < -0.4 is 0 Å². The van der Waals surface area contributed by atoms with Gasteiger partial charge in [-0.2, -0.15) is 26.3 Å². The Kier molecular flexibility index (Phi) is 6.38. The molecule has 1 fully saturated rings. The van der Waals surface area contributed by atoms with Crippen LogP contribution in [0.4, 0.5) is 35.5 Å². The molecule has 40 heavy (non-hydrogen) atoms. The SMILES string of the molecule is CC(C)(C)OC(=O)N1CC2(C1)OCc1cc(C3=NO[C@](c4cc(C(F)(F)F)cc(Cl)c4F)(C(F)(F)F)C3)ccc12. The number of oxime groups is 1. The Morgan fingerprint density at radius 1 is 1.05 bits per heavy atom. The van der Waals surface area contributed by atoms with E-state index in [1.54, 1.807) is 26.8 Å². The summed E-state index contributed by atoms with van der Waals surface area (Å²) in [7, 11) is 0. The number of ether oxygens (including phenoxy) is 2. The van der Waals surface area contributed by atoms with E-state index in [4.69, 9.17) is 25.9 Å². The Bertz CT molecular complexity index is 1410. The molecule has 14 heteroatoms.